The summed E-state index contributed by atoms with van der Waals surface area (Å²) in [5.74, 6) is 1.59. The summed E-state index contributed by atoms with van der Waals surface area (Å²) < 4.78 is 0. The predicted octanol–water partition coefficient (Wildman–Crippen LogP) is 3.85. The molecule has 0 amide bonds. The van der Waals surface area contributed by atoms with E-state index in [2.05, 4.69) is 39.2 Å². The molecule has 0 atom stereocenters. The molecule has 1 N–H and O–H groups in total. The second kappa shape index (κ2) is 7.48. The zero-order valence-corrected chi connectivity index (χ0v) is 12.2. The van der Waals surface area contributed by atoms with Crippen molar-refractivity contribution in [3.05, 3.63) is 42.6 Å². The molecular formula is C16H22N4. The molecule has 0 saturated heterocycles. The van der Waals surface area contributed by atoms with E-state index in [1.54, 1.807) is 6.20 Å². The summed E-state index contributed by atoms with van der Waals surface area (Å²) in [5, 5.41) is 3.28. The smallest absolute Gasteiger partial charge is 0.224 e. The van der Waals surface area contributed by atoms with E-state index in [0.717, 1.165) is 24.5 Å². The molecule has 2 rings (SSSR count). The number of unbranched alkanes of at least 4 members (excludes halogenated alkanes) is 2. The Morgan fingerprint density at radius 3 is 2.65 bits per heavy atom. The number of nitrogens with zero attached hydrogens (tertiary/aromatic N) is 3. The quantitative estimate of drug-likeness (QED) is 0.776. The Balaban J connectivity index is 2.02. The third-order valence-corrected chi connectivity index (χ3v) is 3.19. The summed E-state index contributed by atoms with van der Waals surface area (Å²) >= 11 is 0. The van der Waals surface area contributed by atoms with Crippen LogP contribution in [0.15, 0.2) is 42.6 Å². The highest BCUT2D eigenvalue weighted by atomic mass is 15.2. The zero-order chi connectivity index (χ0) is 14.2. The summed E-state index contributed by atoms with van der Waals surface area (Å²) in [7, 11) is 2.01. The normalized spacial score (nSPS) is 10.3. The molecule has 0 spiro atoms. The molecule has 0 radical (unpaired) electrons. The molecule has 0 aliphatic carbocycles. The Morgan fingerprint density at radius 1 is 1.10 bits per heavy atom. The van der Waals surface area contributed by atoms with E-state index in [0.29, 0.717) is 5.95 Å². The minimum Gasteiger partial charge on any atom is -0.354 e. The van der Waals surface area contributed by atoms with Gasteiger partial charge in [-0.2, -0.15) is 4.98 Å². The minimum absolute atomic E-state index is 0.696. The van der Waals surface area contributed by atoms with Gasteiger partial charge in [0.1, 0.15) is 5.82 Å². The van der Waals surface area contributed by atoms with Gasteiger partial charge < -0.3 is 10.2 Å². The molecule has 0 aliphatic rings. The van der Waals surface area contributed by atoms with Crippen LogP contribution in [0.5, 0.6) is 0 Å². The summed E-state index contributed by atoms with van der Waals surface area (Å²) in [5.41, 5.74) is 1.11. The molecule has 0 fully saturated rings. The van der Waals surface area contributed by atoms with Crippen molar-refractivity contribution in [2.75, 3.05) is 23.8 Å². The highest BCUT2D eigenvalue weighted by molar-refractivity contribution is 5.59. The molecule has 0 bridgehead atoms. The van der Waals surface area contributed by atoms with Gasteiger partial charge in [0.25, 0.3) is 0 Å². The van der Waals surface area contributed by atoms with E-state index >= 15 is 0 Å². The number of benzene rings is 1. The van der Waals surface area contributed by atoms with Crippen LogP contribution in [-0.4, -0.2) is 23.6 Å². The van der Waals surface area contributed by atoms with Gasteiger partial charge in [-0.15, -0.1) is 0 Å². The Morgan fingerprint density at radius 2 is 1.90 bits per heavy atom. The van der Waals surface area contributed by atoms with Crippen molar-refractivity contribution in [3.8, 4) is 0 Å². The van der Waals surface area contributed by atoms with Gasteiger partial charge in [0, 0.05) is 25.5 Å². The van der Waals surface area contributed by atoms with Crippen LogP contribution in [0.1, 0.15) is 26.2 Å². The van der Waals surface area contributed by atoms with Crippen LogP contribution in [0.4, 0.5) is 17.5 Å². The lowest BCUT2D eigenvalue weighted by Gasteiger charge is -2.18. The van der Waals surface area contributed by atoms with E-state index in [1.165, 1.54) is 12.8 Å². The van der Waals surface area contributed by atoms with Crippen LogP contribution in [0.3, 0.4) is 0 Å². The number of hydrogen-bond acceptors (Lipinski definition) is 4. The molecule has 0 aliphatic heterocycles. The van der Waals surface area contributed by atoms with Crippen LogP contribution in [-0.2, 0) is 0 Å². The minimum atomic E-state index is 0.696. The first-order chi connectivity index (χ1) is 9.81. The number of rotatable bonds is 7. The molecule has 2 aromatic rings. The molecule has 4 nitrogen and oxygen atoms in total. The summed E-state index contributed by atoms with van der Waals surface area (Å²) in [6.07, 6.45) is 5.40. The fourth-order valence-electron chi connectivity index (χ4n) is 1.98. The average molecular weight is 270 g/mol. The first kappa shape index (κ1) is 14.3. The number of hydrogen-bond donors (Lipinski definition) is 1. The molecule has 0 unspecified atom stereocenters. The van der Waals surface area contributed by atoms with Crippen molar-refractivity contribution < 1.29 is 0 Å². The highest BCUT2D eigenvalue weighted by Crippen LogP contribution is 2.21. The average Bonchev–Trinajstić information content (AvgIpc) is 2.52. The van der Waals surface area contributed by atoms with Gasteiger partial charge in [0.15, 0.2) is 0 Å². The first-order valence-corrected chi connectivity index (χ1v) is 7.17. The van der Waals surface area contributed by atoms with Crippen LogP contribution < -0.4 is 10.2 Å². The van der Waals surface area contributed by atoms with Crippen LogP contribution in [0.2, 0.25) is 0 Å². The van der Waals surface area contributed by atoms with Gasteiger partial charge in [0.2, 0.25) is 5.95 Å². The molecular weight excluding hydrogens is 248 g/mol. The Kier molecular flexibility index (Phi) is 5.35. The van der Waals surface area contributed by atoms with E-state index < -0.39 is 0 Å². The first-order valence-electron chi connectivity index (χ1n) is 7.17. The number of nitrogens with one attached hydrogen (secondary N) is 1. The maximum atomic E-state index is 4.55. The standard InChI is InChI=1S/C16H22N4/c1-3-4-8-12-17-16-18-13-11-15(19-16)20(2)14-9-6-5-7-10-14/h5-7,9-11,13H,3-4,8,12H2,1-2H3,(H,17,18,19). The van der Waals surface area contributed by atoms with Crippen molar-refractivity contribution in [1.29, 1.82) is 0 Å². The molecule has 4 heteroatoms. The Labute approximate surface area is 120 Å². The number of aromatic nitrogens is 2. The van der Waals surface area contributed by atoms with Crippen LogP contribution in [0.25, 0.3) is 0 Å². The number of anilines is 3. The second-order valence-corrected chi connectivity index (χ2v) is 4.77. The van der Waals surface area contributed by atoms with Gasteiger partial charge in [0.05, 0.1) is 0 Å². The molecule has 1 aromatic carbocycles. The van der Waals surface area contributed by atoms with Crippen molar-refractivity contribution in [2.24, 2.45) is 0 Å². The monoisotopic (exact) mass is 270 g/mol. The lowest BCUT2D eigenvalue weighted by Crippen LogP contribution is -2.13. The maximum absolute atomic E-state index is 4.55. The largest absolute Gasteiger partial charge is 0.354 e. The summed E-state index contributed by atoms with van der Waals surface area (Å²) in [6, 6.07) is 12.1. The second-order valence-electron chi connectivity index (χ2n) is 4.77. The van der Waals surface area contributed by atoms with Gasteiger partial charge >= 0.3 is 0 Å². The third kappa shape index (κ3) is 3.95. The van der Waals surface area contributed by atoms with Crippen molar-refractivity contribution in [2.45, 2.75) is 26.2 Å². The SMILES string of the molecule is CCCCCNc1nccc(N(C)c2ccccc2)n1. The Hall–Kier alpha value is -2.10. The van der Waals surface area contributed by atoms with E-state index in [-0.39, 0.29) is 0 Å². The summed E-state index contributed by atoms with van der Waals surface area (Å²) in [4.78, 5) is 10.9. The molecule has 106 valence electrons. The van der Waals surface area contributed by atoms with E-state index in [4.69, 9.17) is 0 Å². The molecule has 1 aromatic heterocycles. The summed E-state index contributed by atoms with van der Waals surface area (Å²) in [6.45, 7) is 3.12. The van der Waals surface area contributed by atoms with Crippen molar-refractivity contribution in [3.63, 3.8) is 0 Å². The van der Waals surface area contributed by atoms with E-state index in [9.17, 15) is 0 Å². The lowest BCUT2D eigenvalue weighted by atomic mass is 10.2. The van der Waals surface area contributed by atoms with Gasteiger partial charge in [-0.1, -0.05) is 38.0 Å². The Bertz CT molecular complexity index is 513. The maximum Gasteiger partial charge on any atom is 0.224 e. The topological polar surface area (TPSA) is 41.1 Å². The predicted molar refractivity (Wildman–Crippen MR) is 84.6 cm³/mol. The van der Waals surface area contributed by atoms with Crippen LogP contribution >= 0.6 is 0 Å². The molecule has 1 heterocycles. The van der Waals surface area contributed by atoms with Gasteiger partial charge in [-0.3, -0.25) is 0 Å². The zero-order valence-electron chi connectivity index (χ0n) is 12.2. The van der Waals surface area contributed by atoms with Crippen LogP contribution in [0, 0.1) is 0 Å². The third-order valence-electron chi connectivity index (χ3n) is 3.19. The van der Waals surface area contributed by atoms with Crippen molar-refractivity contribution in [1.82, 2.24) is 9.97 Å². The fraction of sp³-hybridized carbons (Fsp3) is 0.375. The van der Waals surface area contributed by atoms with Crippen molar-refractivity contribution >= 4 is 17.5 Å². The number of para-hydroxylation sites is 1. The lowest BCUT2D eigenvalue weighted by molar-refractivity contribution is 0.740. The molecule has 0 saturated carbocycles. The van der Waals surface area contributed by atoms with E-state index in [1.807, 2.05) is 31.3 Å². The van der Waals surface area contributed by atoms with Gasteiger partial charge in [-0.05, 0) is 24.6 Å². The highest BCUT2D eigenvalue weighted by Gasteiger charge is 2.06. The fourth-order valence-corrected chi connectivity index (χ4v) is 1.98. The molecule has 20 heavy (non-hydrogen) atoms. The van der Waals surface area contributed by atoms with Gasteiger partial charge in [-0.25, -0.2) is 4.98 Å².